The molecule has 0 bridgehead atoms. The van der Waals surface area contributed by atoms with Crippen molar-refractivity contribution in [3.05, 3.63) is 78.1 Å². The van der Waals surface area contributed by atoms with Crippen LogP contribution in [0.1, 0.15) is 55.7 Å². The van der Waals surface area contributed by atoms with Gasteiger partial charge in [0.1, 0.15) is 12.2 Å². The van der Waals surface area contributed by atoms with Crippen molar-refractivity contribution in [3.63, 3.8) is 0 Å². The van der Waals surface area contributed by atoms with Crippen LogP contribution >= 0.6 is 0 Å². The Morgan fingerprint density at radius 3 is 2.25 bits per heavy atom. The van der Waals surface area contributed by atoms with Crippen LogP contribution in [0, 0.1) is 0 Å². The topological polar surface area (TPSA) is 219 Å². The first-order valence-electron chi connectivity index (χ1n) is 18.8. The van der Waals surface area contributed by atoms with E-state index in [0.717, 1.165) is 24.1 Å². The quantitative estimate of drug-likeness (QED) is 0.101. The summed E-state index contributed by atoms with van der Waals surface area (Å²) in [5.74, 6) is 0.484. The fraction of sp³-hybridized carbons (Fsp3) is 0.486. The average Bonchev–Trinajstić information content (AvgIpc) is 3.97. The number of nitrogens with one attached hydrogen (secondary N) is 5. The highest BCUT2D eigenvalue weighted by Gasteiger charge is 2.44. The lowest BCUT2D eigenvalue weighted by Gasteiger charge is -2.22. The maximum absolute atomic E-state index is 13.0. The molecule has 17 nitrogen and oxygen atoms in total. The van der Waals surface area contributed by atoms with Crippen LogP contribution in [0.4, 0.5) is 16.6 Å². The van der Waals surface area contributed by atoms with Gasteiger partial charge in [0.2, 0.25) is 11.9 Å². The first kappa shape index (κ1) is 38.4. The molecule has 3 fully saturated rings. The van der Waals surface area contributed by atoms with E-state index < -0.39 is 46.6 Å². The highest BCUT2D eigenvalue weighted by atomic mass is 32.2. The molecule has 2 aromatic heterocycles. The van der Waals surface area contributed by atoms with E-state index in [2.05, 4.69) is 59.5 Å². The minimum Gasteiger partial charge on any atom is -0.388 e. The van der Waals surface area contributed by atoms with E-state index in [9.17, 15) is 28.2 Å². The number of carbonyl (C=O) groups is 2. The molecular formula is C37H49N11O6S. The lowest BCUT2D eigenvalue weighted by atomic mass is 9.91. The largest absolute Gasteiger partial charge is 0.388 e. The second-order valence-corrected chi connectivity index (χ2v) is 16.1. The summed E-state index contributed by atoms with van der Waals surface area (Å²) in [6, 6.07) is 17.5. The van der Waals surface area contributed by atoms with Gasteiger partial charge in [-0.1, -0.05) is 67.6 Å². The number of fused-ring (bicyclic) bond motifs is 1. The molecule has 1 aliphatic carbocycles. The number of benzene rings is 2. The molecule has 4 aromatic rings. The van der Waals surface area contributed by atoms with Crippen LogP contribution in [-0.4, -0.2) is 125 Å². The summed E-state index contributed by atoms with van der Waals surface area (Å²) in [6.07, 6.45) is 0.811. The van der Waals surface area contributed by atoms with E-state index in [1.54, 1.807) is 17.8 Å². The molecule has 294 valence electrons. The highest BCUT2D eigenvalue weighted by Crippen LogP contribution is 2.35. The third-order valence-corrected chi connectivity index (χ3v) is 11.8. The van der Waals surface area contributed by atoms with Crippen LogP contribution in [0.15, 0.2) is 67.0 Å². The standard InChI is InChI=1S/C37H49N11O6S/c1-3-30(49)41-28-18-29(33(51)32(28)50)48-22-39-31-34(38-19-27(23-10-6-4-7-11-23)24-12-8-5-9-13-24)42-36(43-35(31)48)47-17-15-26(21-47)44-55(53,54)45-37(52)40-25-14-16-46(2)20-25/h4-13,22,25-29,32-33,44,50-51H,3,14-21H2,1-2H3,(H,41,49)(H,38,42,43)(H2,40,45,52)/t25?,26-,28?,29?,32-,33+/m1/s1. The number of aliphatic hydroxyl groups excluding tert-OH is 2. The van der Waals surface area contributed by atoms with E-state index in [0.29, 0.717) is 49.0 Å². The number of amides is 3. The lowest BCUT2D eigenvalue weighted by Crippen LogP contribution is -2.51. The van der Waals surface area contributed by atoms with Gasteiger partial charge in [0.25, 0.3) is 0 Å². The summed E-state index contributed by atoms with van der Waals surface area (Å²) in [7, 11) is -2.23. The van der Waals surface area contributed by atoms with E-state index in [4.69, 9.17) is 9.97 Å². The third-order valence-electron chi connectivity index (χ3n) is 10.7. The van der Waals surface area contributed by atoms with Gasteiger partial charge >= 0.3 is 16.2 Å². The zero-order valence-electron chi connectivity index (χ0n) is 30.9. The Morgan fingerprint density at radius 2 is 1.60 bits per heavy atom. The summed E-state index contributed by atoms with van der Waals surface area (Å²) < 4.78 is 32.4. The van der Waals surface area contributed by atoms with E-state index in [-0.39, 0.29) is 37.3 Å². The zero-order chi connectivity index (χ0) is 38.7. The van der Waals surface area contributed by atoms with Crippen molar-refractivity contribution in [1.29, 1.82) is 0 Å². The molecule has 0 spiro atoms. The number of hydrogen-bond acceptors (Lipinski definition) is 12. The van der Waals surface area contributed by atoms with Crippen molar-refractivity contribution >= 4 is 45.1 Å². The number of hydrogen-bond donors (Lipinski definition) is 7. The van der Waals surface area contributed by atoms with Crippen molar-refractivity contribution in [2.45, 2.75) is 74.9 Å². The van der Waals surface area contributed by atoms with Crippen molar-refractivity contribution in [3.8, 4) is 0 Å². The Labute approximate surface area is 320 Å². The van der Waals surface area contributed by atoms with Gasteiger partial charge < -0.3 is 40.5 Å². The molecule has 2 aromatic carbocycles. The molecule has 0 radical (unpaired) electrons. The van der Waals surface area contributed by atoms with Crippen LogP contribution in [-0.2, 0) is 15.0 Å². The number of nitrogens with zero attached hydrogens (tertiary/aromatic N) is 6. The maximum Gasteiger partial charge on any atom is 0.329 e. The number of likely N-dealkylation sites (tertiary alicyclic amines) is 1. The van der Waals surface area contributed by atoms with Crippen LogP contribution in [0.25, 0.3) is 11.2 Å². The summed E-state index contributed by atoms with van der Waals surface area (Å²) in [4.78, 5) is 43.2. The van der Waals surface area contributed by atoms with Gasteiger partial charge in [0.05, 0.1) is 18.4 Å². The number of aliphatic hydroxyl groups is 2. The first-order valence-corrected chi connectivity index (χ1v) is 20.2. The molecule has 7 rings (SSSR count). The molecule has 3 amide bonds. The molecule has 3 aliphatic rings. The molecular weight excluding hydrogens is 727 g/mol. The predicted octanol–water partition coefficient (Wildman–Crippen LogP) is 1.05. The van der Waals surface area contributed by atoms with Crippen molar-refractivity contribution < 1.29 is 28.2 Å². The fourth-order valence-corrected chi connectivity index (χ4v) is 8.82. The Balaban J connectivity index is 1.15. The molecule has 3 unspecified atom stereocenters. The van der Waals surface area contributed by atoms with E-state index >= 15 is 0 Å². The smallest absolute Gasteiger partial charge is 0.329 e. The third kappa shape index (κ3) is 8.83. The van der Waals surface area contributed by atoms with E-state index in [1.165, 1.54) is 0 Å². The lowest BCUT2D eigenvalue weighted by molar-refractivity contribution is -0.122. The molecule has 18 heteroatoms. The molecule has 55 heavy (non-hydrogen) atoms. The zero-order valence-corrected chi connectivity index (χ0v) is 31.7. The number of likely N-dealkylation sites (N-methyl/N-ethyl adjacent to an activating group) is 1. The SMILES string of the molecule is CCC(=O)NC1CC(n2cnc3c(NCC(c4ccccc4)c4ccccc4)nc(N4CC[C@@H](NS(=O)(=O)NC(=O)NC5CCN(C)C5)C4)nc32)[C@H](O)[C@@H]1O. The first-order chi connectivity index (χ1) is 26.5. The molecule has 7 N–H and O–H groups in total. The molecule has 4 heterocycles. The van der Waals surface area contributed by atoms with Crippen LogP contribution < -0.4 is 30.3 Å². The number of anilines is 2. The molecule has 1 saturated carbocycles. The minimum atomic E-state index is -4.18. The van der Waals surface area contributed by atoms with Gasteiger partial charge in [-0.2, -0.15) is 23.1 Å². The Bertz CT molecular complexity index is 2030. The Hall–Kier alpha value is -4.88. The fourth-order valence-electron chi connectivity index (χ4n) is 7.82. The molecule has 6 atom stereocenters. The number of rotatable bonds is 13. The Kier molecular flexibility index (Phi) is 11.5. The number of imidazole rings is 1. The van der Waals surface area contributed by atoms with Crippen molar-refractivity contribution in [2.24, 2.45) is 0 Å². The van der Waals surface area contributed by atoms with Gasteiger partial charge in [-0.15, -0.1) is 0 Å². The summed E-state index contributed by atoms with van der Waals surface area (Å²) >= 11 is 0. The van der Waals surface area contributed by atoms with Gasteiger partial charge in [-0.3, -0.25) is 4.79 Å². The number of carbonyl (C=O) groups excluding carboxylic acids is 2. The van der Waals surface area contributed by atoms with Gasteiger partial charge in [-0.25, -0.2) is 14.5 Å². The minimum absolute atomic E-state index is 0.0439. The Morgan fingerprint density at radius 1 is 0.909 bits per heavy atom. The van der Waals surface area contributed by atoms with Gasteiger partial charge in [0.15, 0.2) is 17.0 Å². The van der Waals surface area contributed by atoms with Crippen LogP contribution in [0.5, 0.6) is 0 Å². The maximum atomic E-state index is 13.0. The summed E-state index contributed by atoms with van der Waals surface area (Å²) in [5.41, 5.74) is 3.06. The van der Waals surface area contributed by atoms with Crippen molar-refractivity contribution in [1.82, 2.24) is 44.5 Å². The molecule has 2 saturated heterocycles. The summed E-state index contributed by atoms with van der Waals surface area (Å²) in [5, 5.41) is 31.2. The predicted molar refractivity (Wildman–Crippen MR) is 207 cm³/mol. The number of aromatic nitrogens is 4. The molecule has 2 aliphatic heterocycles. The van der Waals surface area contributed by atoms with Crippen LogP contribution in [0.2, 0.25) is 0 Å². The average molecular weight is 776 g/mol. The second-order valence-electron chi connectivity index (χ2n) is 14.6. The van der Waals surface area contributed by atoms with Gasteiger partial charge in [-0.05, 0) is 44.0 Å². The number of urea groups is 1. The van der Waals surface area contributed by atoms with Crippen molar-refractivity contribution in [2.75, 3.05) is 50.0 Å². The van der Waals surface area contributed by atoms with Gasteiger partial charge in [0, 0.05) is 50.6 Å². The van der Waals surface area contributed by atoms with E-state index in [1.807, 2.05) is 48.3 Å². The second kappa shape index (κ2) is 16.5. The monoisotopic (exact) mass is 775 g/mol. The normalized spacial score (nSPS) is 24.4. The summed E-state index contributed by atoms with van der Waals surface area (Å²) in [6.45, 7) is 4.28. The highest BCUT2D eigenvalue weighted by molar-refractivity contribution is 7.88. The van der Waals surface area contributed by atoms with Crippen LogP contribution in [0.3, 0.4) is 0 Å².